The van der Waals surface area contributed by atoms with E-state index in [2.05, 4.69) is 10.5 Å². The maximum Gasteiger partial charge on any atom is 0.156 e. The van der Waals surface area contributed by atoms with Crippen molar-refractivity contribution in [3.63, 3.8) is 0 Å². The van der Waals surface area contributed by atoms with Gasteiger partial charge in [0, 0.05) is 18.6 Å². The van der Waals surface area contributed by atoms with Crippen LogP contribution in [0.25, 0.3) is 0 Å². The van der Waals surface area contributed by atoms with Gasteiger partial charge in [0.25, 0.3) is 0 Å². The summed E-state index contributed by atoms with van der Waals surface area (Å²) in [6.07, 6.45) is 5.26. The second-order valence-corrected chi connectivity index (χ2v) is 4.73. The fourth-order valence-corrected chi connectivity index (χ4v) is 2.38. The number of aliphatic hydroxyl groups is 1. The molecule has 0 aromatic rings. The molecule has 0 aliphatic heterocycles. The van der Waals surface area contributed by atoms with Gasteiger partial charge in [-0.05, 0) is 19.3 Å². The molecule has 1 aliphatic rings. The number of nitrogens with one attached hydrogen (secondary N) is 1. The Balaban J connectivity index is 2.47. The largest absolute Gasteiger partial charge is 0.409 e. The summed E-state index contributed by atoms with van der Waals surface area (Å²) in [5.74, 6) is 0.216. The number of amidine groups is 1. The molecule has 1 saturated carbocycles. The molecule has 94 valence electrons. The van der Waals surface area contributed by atoms with Gasteiger partial charge in [-0.2, -0.15) is 0 Å². The van der Waals surface area contributed by atoms with E-state index < -0.39 is 0 Å². The first-order chi connectivity index (χ1) is 7.67. The average Bonchev–Trinajstić information content (AvgIpc) is 2.79. The van der Waals surface area contributed by atoms with Crippen molar-refractivity contribution < 1.29 is 10.3 Å². The van der Waals surface area contributed by atoms with Crippen LogP contribution in [0.15, 0.2) is 5.16 Å². The van der Waals surface area contributed by atoms with Crippen molar-refractivity contribution in [1.82, 2.24) is 5.32 Å². The second kappa shape index (κ2) is 6.06. The Bertz CT molecular complexity index is 237. The lowest BCUT2D eigenvalue weighted by molar-refractivity contribution is 0.126. The Hall–Kier alpha value is -0.810. The second-order valence-electron chi connectivity index (χ2n) is 4.73. The van der Waals surface area contributed by atoms with Gasteiger partial charge in [0.05, 0.1) is 6.04 Å². The summed E-state index contributed by atoms with van der Waals surface area (Å²) < 4.78 is 0. The summed E-state index contributed by atoms with van der Waals surface area (Å²) in [5.41, 5.74) is 5.58. The van der Waals surface area contributed by atoms with E-state index in [0.29, 0.717) is 0 Å². The molecule has 0 spiro atoms. The van der Waals surface area contributed by atoms with E-state index in [9.17, 15) is 5.11 Å². The van der Waals surface area contributed by atoms with Gasteiger partial charge >= 0.3 is 0 Å². The van der Waals surface area contributed by atoms with E-state index in [1.165, 1.54) is 12.8 Å². The zero-order valence-corrected chi connectivity index (χ0v) is 9.95. The summed E-state index contributed by atoms with van der Waals surface area (Å²) >= 11 is 0. The summed E-state index contributed by atoms with van der Waals surface area (Å²) in [7, 11) is 0. The Labute approximate surface area is 96.7 Å². The molecule has 1 aliphatic carbocycles. The van der Waals surface area contributed by atoms with Gasteiger partial charge in [0.2, 0.25) is 0 Å². The Kier molecular flexibility index (Phi) is 5.02. The number of nitrogens with two attached hydrogens (primary N) is 1. The minimum Gasteiger partial charge on any atom is -0.409 e. The molecule has 5 heteroatoms. The Morgan fingerprint density at radius 1 is 1.50 bits per heavy atom. The highest BCUT2D eigenvalue weighted by Gasteiger charge is 2.33. The number of oxime groups is 1. The van der Waals surface area contributed by atoms with Crippen molar-refractivity contribution in [1.29, 1.82) is 0 Å². The third kappa shape index (κ3) is 3.09. The fraction of sp³-hybridized carbons (Fsp3) is 0.909. The smallest absolute Gasteiger partial charge is 0.156 e. The van der Waals surface area contributed by atoms with E-state index >= 15 is 0 Å². The van der Waals surface area contributed by atoms with E-state index in [1.54, 1.807) is 0 Å². The van der Waals surface area contributed by atoms with Gasteiger partial charge in [-0.15, -0.1) is 0 Å². The molecule has 0 radical (unpaired) electrons. The van der Waals surface area contributed by atoms with Gasteiger partial charge in [-0.25, -0.2) is 0 Å². The highest BCUT2D eigenvalue weighted by molar-refractivity contribution is 5.85. The molecule has 0 saturated heterocycles. The number of hydrogen-bond donors (Lipinski definition) is 4. The summed E-state index contributed by atoms with van der Waals surface area (Å²) in [6.45, 7) is 2.93. The molecule has 0 amide bonds. The minimum absolute atomic E-state index is 0.00313. The summed E-state index contributed by atoms with van der Waals surface area (Å²) in [5, 5.41) is 24.4. The third-order valence-corrected chi connectivity index (χ3v) is 3.60. The number of hydrogen-bond acceptors (Lipinski definition) is 4. The lowest BCUT2D eigenvalue weighted by Crippen LogP contribution is -2.46. The van der Waals surface area contributed by atoms with E-state index in [4.69, 9.17) is 10.9 Å². The average molecular weight is 229 g/mol. The quantitative estimate of drug-likeness (QED) is 0.233. The SMILES string of the molecule is CCC(NCC1(CO)CCCC1)C(N)=NO. The number of rotatable bonds is 6. The molecular formula is C11H23N3O2. The van der Waals surface area contributed by atoms with Crippen LogP contribution < -0.4 is 11.1 Å². The van der Waals surface area contributed by atoms with Crippen LogP contribution in [-0.4, -0.2) is 35.3 Å². The molecule has 0 bridgehead atoms. The van der Waals surface area contributed by atoms with E-state index in [-0.39, 0.29) is 23.9 Å². The van der Waals surface area contributed by atoms with Crippen LogP contribution in [0.4, 0.5) is 0 Å². The molecule has 5 nitrogen and oxygen atoms in total. The first-order valence-corrected chi connectivity index (χ1v) is 5.99. The normalized spacial score (nSPS) is 22.2. The van der Waals surface area contributed by atoms with Gasteiger partial charge in [-0.3, -0.25) is 0 Å². The predicted molar refractivity (Wildman–Crippen MR) is 63.5 cm³/mol. The molecule has 0 heterocycles. The van der Waals surface area contributed by atoms with Gasteiger partial charge in [0.1, 0.15) is 0 Å². The molecule has 0 aromatic heterocycles. The number of aliphatic hydroxyl groups excluding tert-OH is 1. The Morgan fingerprint density at radius 2 is 2.12 bits per heavy atom. The molecule has 1 unspecified atom stereocenters. The maximum atomic E-state index is 9.45. The van der Waals surface area contributed by atoms with Crippen molar-refractivity contribution in [2.75, 3.05) is 13.2 Å². The molecule has 1 fully saturated rings. The van der Waals surface area contributed by atoms with Gasteiger partial charge in [-0.1, -0.05) is 24.9 Å². The van der Waals surface area contributed by atoms with Gasteiger partial charge in [0.15, 0.2) is 5.84 Å². The molecule has 16 heavy (non-hydrogen) atoms. The monoisotopic (exact) mass is 229 g/mol. The molecule has 0 aromatic carbocycles. The van der Waals surface area contributed by atoms with Crippen LogP contribution in [-0.2, 0) is 0 Å². The number of nitrogens with zero attached hydrogens (tertiary/aromatic N) is 1. The van der Waals surface area contributed by atoms with Crippen LogP contribution in [0, 0.1) is 5.41 Å². The molecule has 5 N–H and O–H groups in total. The van der Waals surface area contributed by atoms with E-state index in [1.807, 2.05) is 6.92 Å². The van der Waals surface area contributed by atoms with E-state index in [0.717, 1.165) is 25.8 Å². The van der Waals surface area contributed by atoms with Crippen molar-refractivity contribution in [3.8, 4) is 0 Å². The lowest BCUT2D eigenvalue weighted by atomic mass is 9.87. The van der Waals surface area contributed by atoms with Crippen molar-refractivity contribution in [2.45, 2.75) is 45.1 Å². The molecular weight excluding hydrogens is 206 g/mol. The zero-order chi connectivity index (χ0) is 12.0. The first-order valence-electron chi connectivity index (χ1n) is 5.99. The molecule has 1 rings (SSSR count). The molecule has 1 atom stereocenters. The summed E-state index contributed by atoms with van der Waals surface area (Å²) in [4.78, 5) is 0. The predicted octanol–water partition coefficient (Wildman–Crippen LogP) is 0.654. The van der Waals surface area contributed by atoms with Crippen LogP contribution in [0.5, 0.6) is 0 Å². The minimum atomic E-state index is -0.103. The van der Waals surface area contributed by atoms with Crippen LogP contribution >= 0.6 is 0 Å². The lowest BCUT2D eigenvalue weighted by Gasteiger charge is -2.29. The third-order valence-electron chi connectivity index (χ3n) is 3.60. The Morgan fingerprint density at radius 3 is 2.56 bits per heavy atom. The first kappa shape index (κ1) is 13.3. The van der Waals surface area contributed by atoms with Crippen LogP contribution in [0.1, 0.15) is 39.0 Å². The maximum absolute atomic E-state index is 9.45. The van der Waals surface area contributed by atoms with Crippen molar-refractivity contribution in [2.24, 2.45) is 16.3 Å². The fourth-order valence-electron chi connectivity index (χ4n) is 2.38. The summed E-state index contributed by atoms with van der Waals surface area (Å²) in [6, 6.07) is -0.103. The van der Waals surface area contributed by atoms with Crippen LogP contribution in [0.2, 0.25) is 0 Å². The topological polar surface area (TPSA) is 90.9 Å². The van der Waals surface area contributed by atoms with Gasteiger partial charge < -0.3 is 21.4 Å². The van der Waals surface area contributed by atoms with Crippen LogP contribution in [0.3, 0.4) is 0 Å². The zero-order valence-electron chi connectivity index (χ0n) is 9.95. The highest BCUT2D eigenvalue weighted by atomic mass is 16.4. The van der Waals surface area contributed by atoms with Crippen molar-refractivity contribution >= 4 is 5.84 Å². The van der Waals surface area contributed by atoms with Crippen molar-refractivity contribution in [3.05, 3.63) is 0 Å². The standard InChI is InChI=1S/C11H23N3O2/c1-2-9(10(12)14-16)13-7-11(8-15)5-3-4-6-11/h9,13,15-16H,2-8H2,1H3,(H2,12,14). The highest BCUT2D eigenvalue weighted by Crippen LogP contribution is 2.36.